The van der Waals surface area contributed by atoms with Crippen LogP contribution < -0.4 is 4.72 Å². The molecule has 0 aliphatic carbocycles. The van der Waals surface area contributed by atoms with Gasteiger partial charge in [-0.1, -0.05) is 30.3 Å². The van der Waals surface area contributed by atoms with Crippen molar-refractivity contribution in [1.82, 2.24) is 4.72 Å². The Morgan fingerprint density at radius 1 is 0.909 bits per heavy atom. The third kappa shape index (κ3) is 2.84. The maximum absolute atomic E-state index is 14.0. The predicted molar refractivity (Wildman–Crippen MR) is 71.8 cm³/mol. The number of halogens is 4. The largest absolute Gasteiger partial charge is 0.243 e. The fourth-order valence-corrected chi connectivity index (χ4v) is 3.01. The van der Waals surface area contributed by atoms with Gasteiger partial charge in [-0.05, 0) is 12.6 Å². The standard InChI is InChI=1S/C14H11F4NO2S/c1-19-22(20,21)14-9(7-8-5-3-2-4-6-8)10(15)11(16)12(17)13(14)18/h2-6,19H,7H2,1H3. The Balaban J connectivity index is 2.76. The molecule has 22 heavy (non-hydrogen) atoms. The van der Waals surface area contributed by atoms with Crippen molar-refractivity contribution in [3.8, 4) is 0 Å². The van der Waals surface area contributed by atoms with E-state index in [0.29, 0.717) is 5.56 Å². The Morgan fingerprint density at radius 3 is 2.00 bits per heavy atom. The highest BCUT2D eigenvalue weighted by atomic mass is 32.2. The first-order valence-corrected chi connectivity index (χ1v) is 7.60. The molecule has 0 spiro atoms. The lowest BCUT2D eigenvalue weighted by Gasteiger charge is -2.13. The van der Waals surface area contributed by atoms with E-state index in [-0.39, 0.29) is 0 Å². The predicted octanol–water partition coefficient (Wildman–Crippen LogP) is 2.74. The highest BCUT2D eigenvalue weighted by Gasteiger charge is 2.31. The molecule has 0 saturated carbocycles. The van der Waals surface area contributed by atoms with Gasteiger partial charge in [0, 0.05) is 12.0 Å². The summed E-state index contributed by atoms with van der Waals surface area (Å²) in [4.78, 5) is -1.23. The van der Waals surface area contributed by atoms with Gasteiger partial charge in [-0.3, -0.25) is 0 Å². The number of nitrogens with one attached hydrogen (secondary N) is 1. The Hall–Kier alpha value is -1.93. The molecule has 0 bridgehead atoms. The maximum Gasteiger partial charge on any atom is 0.243 e. The van der Waals surface area contributed by atoms with Crippen molar-refractivity contribution < 1.29 is 26.0 Å². The van der Waals surface area contributed by atoms with Crippen molar-refractivity contribution in [2.75, 3.05) is 7.05 Å². The molecule has 2 aromatic rings. The average Bonchev–Trinajstić information content (AvgIpc) is 2.51. The molecule has 0 saturated heterocycles. The fraction of sp³-hybridized carbons (Fsp3) is 0.143. The summed E-state index contributed by atoms with van der Waals surface area (Å²) in [5, 5.41) is 0. The van der Waals surface area contributed by atoms with Crippen molar-refractivity contribution in [3.05, 3.63) is 64.7 Å². The van der Waals surface area contributed by atoms with Gasteiger partial charge in [0.15, 0.2) is 23.3 Å². The number of hydrogen-bond donors (Lipinski definition) is 1. The summed E-state index contributed by atoms with van der Waals surface area (Å²) in [7, 11) is -3.55. The summed E-state index contributed by atoms with van der Waals surface area (Å²) in [5.41, 5.74) is -0.351. The van der Waals surface area contributed by atoms with Crippen molar-refractivity contribution in [2.24, 2.45) is 0 Å². The number of hydrogen-bond acceptors (Lipinski definition) is 2. The quantitative estimate of drug-likeness (QED) is 0.531. The SMILES string of the molecule is CNS(=O)(=O)c1c(F)c(F)c(F)c(F)c1Cc1ccccc1. The Bertz CT molecular complexity index is 808. The van der Waals surface area contributed by atoms with E-state index in [9.17, 15) is 26.0 Å². The lowest BCUT2D eigenvalue weighted by atomic mass is 10.0. The minimum atomic E-state index is -4.51. The van der Waals surface area contributed by atoms with Gasteiger partial charge in [0.05, 0.1) is 0 Å². The monoisotopic (exact) mass is 333 g/mol. The molecule has 3 nitrogen and oxygen atoms in total. The fourth-order valence-electron chi connectivity index (χ4n) is 2.00. The average molecular weight is 333 g/mol. The van der Waals surface area contributed by atoms with Crippen LogP contribution in [0.2, 0.25) is 0 Å². The molecule has 0 aliphatic rings. The van der Waals surface area contributed by atoms with E-state index in [4.69, 9.17) is 0 Å². The molecule has 1 N–H and O–H groups in total. The number of benzene rings is 2. The topological polar surface area (TPSA) is 46.2 Å². The third-order valence-electron chi connectivity index (χ3n) is 3.08. The summed E-state index contributed by atoms with van der Waals surface area (Å²) in [6.45, 7) is 0. The second kappa shape index (κ2) is 6.05. The van der Waals surface area contributed by atoms with Crippen LogP contribution in [0.4, 0.5) is 17.6 Å². The summed E-state index contributed by atoms with van der Waals surface area (Å²) >= 11 is 0. The second-order valence-corrected chi connectivity index (χ2v) is 6.26. The van der Waals surface area contributed by atoms with Crippen LogP contribution in [0.15, 0.2) is 35.2 Å². The zero-order valence-electron chi connectivity index (χ0n) is 11.3. The van der Waals surface area contributed by atoms with Gasteiger partial charge in [-0.15, -0.1) is 0 Å². The van der Waals surface area contributed by atoms with Crippen LogP contribution in [-0.2, 0) is 16.4 Å². The van der Waals surface area contributed by atoms with Gasteiger partial charge in [0.2, 0.25) is 10.0 Å². The van der Waals surface area contributed by atoms with E-state index in [1.54, 1.807) is 22.9 Å². The molecule has 0 radical (unpaired) electrons. The van der Waals surface area contributed by atoms with Crippen molar-refractivity contribution >= 4 is 10.0 Å². The molecule has 0 atom stereocenters. The summed E-state index contributed by atoms with van der Waals surface area (Å²) < 4.78 is 80.1. The van der Waals surface area contributed by atoms with Crippen molar-refractivity contribution in [1.29, 1.82) is 0 Å². The second-order valence-electron chi connectivity index (χ2n) is 4.43. The summed E-state index contributed by atoms with van der Waals surface area (Å²) in [6, 6.07) is 7.89. The molecule has 2 aromatic carbocycles. The van der Waals surface area contributed by atoms with E-state index in [1.165, 1.54) is 12.1 Å². The Morgan fingerprint density at radius 2 is 1.45 bits per heavy atom. The normalized spacial score (nSPS) is 11.7. The highest BCUT2D eigenvalue weighted by Crippen LogP contribution is 2.29. The molecule has 118 valence electrons. The van der Waals surface area contributed by atoms with E-state index < -0.39 is 50.2 Å². The van der Waals surface area contributed by atoms with E-state index in [2.05, 4.69) is 0 Å². The zero-order valence-corrected chi connectivity index (χ0v) is 12.1. The first kappa shape index (κ1) is 16.4. The third-order valence-corrected chi connectivity index (χ3v) is 4.58. The molecule has 0 aromatic heterocycles. The van der Waals surface area contributed by atoms with Crippen LogP contribution in [-0.4, -0.2) is 15.5 Å². The van der Waals surface area contributed by atoms with Gasteiger partial charge < -0.3 is 0 Å². The maximum atomic E-state index is 14.0. The molecule has 8 heteroatoms. The van der Waals surface area contributed by atoms with Crippen molar-refractivity contribution in [3.63, 3.8) is 0 Å². The molecule has 0 fully saturated rings. The minimum Gasteiger partial charge on any atom is -0.214 e. The molecule has 0 unspecified atom stereocenters. The smallest absolute Gasteiger partial charge is 0.214 e. The molecular formula is C14H11F4NO2S. The minimum absolute atomic E-state index is 0.406. The zero-order chi connectivity index (χ0) is 16.5. The Labute approximate surface area is 124 Å². The molecular weight excluding hydrogens is 322 g/mol. The van der Waals surface area contributed by atoms with Crippen LogP contribution in [0.1, 0.15) is 11.1 Å². The Kier molecular flexibility index (Phi) is 4.52. The van der Waals surface area contributed by atoms with Crippen LogP contribution in [0.25, 0.3) is 0 Å². The van der Waals surface area contributed by atoms with Gasteiger partial charge in [-0.25, -0.2) is 30.7 Å². The summed E-state index contributed by atoms with van der Waals surface area (Å²) in [5.74, 6) is -7.88. The molecule has 0 heterocycles. The van der Waals surface area contributed by atoms with Crippen LogP contribution in [0.5, 0.6) is 0 Å². The lowest BCUT2D eigenvalue weighted by molar-refractivity contribution is 0.390. The van der Waals surface area contributed by atoms with Gasteiger partial charge in [0.25, 0.3) is 0 Å². The molecule has 0 aliphatic heterocycles. The van der Waals surface area contributed by atoms with Crippen LogP contribution in [0.3, 0.4) is 0 Å². The summed E-state index contributed by atoms with van der Waals surface area (Å²) in [6.07, 6.45) is -0.406. The van der Waals surface area contributed by atoms with Crippen LogP contribution >= 0.6 is 0 Å². The van der Waals surface area contributed by atoms with E-state index >= 15 is 0 Å². The van der Waals surface area contributed by atoms with Crippen LogP contribution in [0, 0.1) is 23.3 Å². The van der Waals surface area contributed by atoms with Crippen molar-refractivity contribution in [2.45, 2.75) is 11.3 Å². The lowest BCUT2D eigenvalue weighted by Crippen LogP contribution is -2.24. The highest BCUT2D eigenvalue weighted by molar-refractivity contribution is 7.89. The first-order chi connectivity index (χ1) is 10.3. The molecule has 2 rings (SSSR count). The number of sulfonamides is 1. The van der Waals surface area contributed by atoms with E-state index in [0.717, 1.165) is 7.05 Å². The molecule has 0 amide bonds. The van der Waals surface area contributed by atoms with E-state index in [1.807, 2.05) is 0 Å². The first-order valence-electron chi connectivity index (χ1n) is 6.12. The van der Waals surface area contributed by atoms with Gasteiger partial charge in [-0.2, -0.15) is 0 Å². The van der Waals surface area contributed by atoms with Gasteiger partial charge in [0.1, 0.15) is 4.90 Å². The number of rotatable bonds is 4. The van der Waals surface area contributed by atoms with Gasteiger partial charge >= 0.3 is 0 Å².